The third-order valence-electron chi connectivity index (χ3n) is 2.41. The van der Waals surface area contributed by atoms with Crippen molar-refractivity contribution in [2.45, 2.75) is 33.2 Å². The SMILES string of the molecule is CCC(=O)NC(C)C(=O)Nc1ccc(C)cc1. The summed E-state index contributed by atoms with van der Waals surface area (Å²) in [6.45, 7) is 5.40. The van der Waals surface area contributed by atoms with Gasteiger partial charge in [0.15, 0.2) is 0 Å². The Morgan fingerprint density at radius 3 is 2.35 bits per heavy atom. The van der Waals surface area contributed by atoms with E-state index in [1.807, 2.05) is 31.2 Å². The van der Waals surface area contributed by atoms with E-state index in [9.17, 15) is 9.59 Å². The van der Waals surface area contributed by atoms with Crippen molar-refractivity contribution >= 4 is 17.5 Å². The minimum Gasteiger partial charge on any atom is -0.345 e. The third kappa shape index (κ3) is 4.26. The summed E-state index contributed by atoms with van der Waals surface area (Å²) in [6.07, 6.45) is 0.377. The first-order chi connectivity index (χ1) is 8.02. The highest BCUT2D eigenvalue weighted by Crippen LogP contribution is 2.08. The molecule has 0 aliphatic carbocycles. The molecule has 1 unspecified atom stereocenters. The average molecular weight is 234 g/mol. The molecule has 0 aliphatic rings. The van der Waals surface area contributed by atoms with Crippen LogP contribution in [0.5, 0.6) is 0 Å². The van der Waals surface area contributed by atoms with Gasteiger partial charge in [-0.05, 0) is 26.0 Å². The van der Waals surface area contributed by atoms with Crippen molar-refractivity contribution in [1.82, 2.24) is 5.32 Å². The largest absolute Gasteiger partial charge is 0.345 e. The lowest BCUT2D eigenvalue weighted by Crippen LogP contribution is -2.41. The van der Waals surface area contributed by atoms with E-state index in [-0.39, 0.29) is 11.8 Å². The number of rotatable bonds is 4. The highest BCUT2D eigenvalue weighted by atomic mass is 16.2. The summed E-state index contributed by atoms with van der Waals surface area (Å²) in [5, 5.41) is 5.35. The fourth-order valence-corrected chi connectivity index (χ4v) is 1.30. The monoisotopic (exact) mass is 234 g/mol. The summed E-state index contributed by atoms with van der Waals surface area (Å²) in [7, 11) is 0. The second kappa shape index (κ2) is 6.03. The lowest BCUT2D eigenvalue weighted by molar-refractivity contribution is -0.125. The van der Waals surface area contributed by atoms with Gasteiger partial charge in [0, 0.05) is 12.1 Å². The van der Waals surface area contributed by atoms with Gasteiger partial charge < -0.3 is 10.6 Å². The molecule has 4 nitrogen and oxygen atoms in total. The molecule has 92 valence electrons. The van der Waals surface area contributed by atoms with Gasteiger partial charge in [0.05, 0.1) is 0 Å². The van der Waals surface area contributed by atoms with Crippen LogP contribution in [0.1, 0.15) is 25.8 Å². The van der Waals surface area contributed by atoms with Crippen LogP contribution < -0.4 is 10.6 Å². The Morgan fingerprint density at radius 1 is 1.24 bits per heavy atom. The minimum absolute atomic E-state index is 0.128. The lowest BCUT2D eigenvalue weighted by atomic mass is 10.2. The number of hydrogen-bond donors (Lipinski definition) is 2. The fourth-order valence-electron chi connectivity index (χ4n) is 1.30. The molecule has 1 rings (SSSR count). The molecule has 4 heteroatoms. The molecule has 17 heavy (non-hydrogen) atoms. The molecule has 1 atom stereocenters. The standard InChI is InChI=1S/C13H18N2O2/c1-4-12(16)14-10(3)13(17)15-11-7-5-9(2)6-8-11/h5-8,10H,4H2,1-3H3,(H,14,16)(H,15,17). The highest BCUT2D eigenvalue weighted by Gasteiger charge is 2.14. The molecule has 0 heterocycles. The molecular formula is C13H18N2O2. The normalized spacial score (nSPS) is 11.7. The summed E-state index contributed by atoms with van der Waals surface area (Å²) in [5.74, 6) is -0.341. The average Bonchev–Trinajstić information content (AvgIpc) is 2.31. The predicted octanol–water partition coefficient (Wildman–Crippen LogP) is 1.85. The minimum atomic E-state index is -0.524. The topological polar surface area (TPSA) is 58.2 Å². The van der Waals surface area contributed by atoms with Crippen LogP contribution in [0.2, 0.25) is 0 Å². The van der Waals surface area contributed by atoms with Crippen molar-refractivity contribution in [3.8, 4) is 0 Å². The summed E-state index contributed by atoms with van der Waals surface area (Å²) in [4.78, 5) is 22.9. The molecule has 0 fully saturated rings. The zero-order valence-corrected chi connectivity index (χ0v) is 10.4. The number of anilines is 1. The predicted molar refractivity (Wildman–Crippen MR) is 67.7 cm³/mol. The van der Waals surface area contributed by atoms with Gasteiger partial charge in [-0.2, -0.15) is 0 Å². The van der Waals surface area contributed by atoms with E-state index in [1.165, 1.54) is 0 Å². The zero-order chi connectivity index (χ0) is 12.8. The zero-order valence-electron chi connectivity index (χ0n) is 10.4. The maximum atomic E-state index is 11.7. The Bertz CT molecular complexity index is 398. The molecule has 0 aromatic heterocycles. The van der Waals surface area contributed by atoms with Crippen LogP contribution in [0.15, 0.2) is 24.3 Å². The van der Waals surface area contributed by atoms with E-state index < -0.39 is 6.04 Å². The van der Waals surface area contributed by atoms with Gasteiger partial charge in [0.1, 0.15) is 6.04 Å². The van der Waals surface area contributed by atoms with E-state index in [1.54, 1.807) is 13.8 Å². The number of amides is 2. The van der Waals surface area contributed by atoms with Gasteiger partial charge in [-0.1, -0.05) is 24.6 Å². The summed E-state index contributed by atoms with van der Waals surface area (Å²) >= 11 is 0. The molecule has 0 saturated carbocycles. The molecule has 0 radical (unpaired) electrons. The molecule has 1 aromatic carbocycles. The van der Waals surface area contributed by atoms with Crippen LogP contribution in [-0.4, -0.2) is 17.9 Å². The maximum absolute atomic E-state index is 11.7. The molecule has 0 spiro atoms. The van der Waals surface area contributed by atoms with E-state index >= 15 is 0 Å². The smallest absolute Gasteiger partial charge is 0.246 e. The maximum Gasteiger partial charge on any atom is 0.246 e. The van der Waals surface area contributed by atoms with E-state index in [0.29, 0.717) is 6.42 Å². The van der Waals surface area contributed by atoms with Crippen LogP contribution >= 0.6 is 0 Å². The van der Waals surface area contributed by atoms with Crippen molar-refractivity contribution in [2.75, 3.05) is 5.32 Å². The van der Waals surface area contributed by atoms with Gasteiger partial charge in [-0.15, -0.1) is 0 Å². The molecule has 2 amide bonds. The number of benzene rings is 1. The summed E-state index contributed by atoms with van der Waals surface area (Å²) in [5.41, 5.74) is 1.87. The van der Waals surface area contributed by atoms with Crippen LogP contribution in [0.3, 0.4) is 0 Å². The van der Waals surface area contributed by atoms with Crippen LogP contribution in [0, 0.1) is 6.92 Å². The van der Waals surface area contributed by atoms with Crippen molar-refractivity contribution in [2.24, 2.45) is 0 Å². The Balaban J connectivity index is 2.54. The summed E-state index contributed by atoms with van der Waals surface area (Å²) < 4.78 is 0. The van der Waals surface area contributed by atoms with Gasteiger partial charge in [-0.25, -0.2) is 0 Å². The molecule has 0 saturated heterocycles. The Morgan fingerprint density at radius 2 is 1.82 bits per heavy atom. The first-order valence-electron chi connectivity index (χ1n) is 5.69. The quantitative estimate of drug-likeness (QED) is 0.835. The second-order valence-corrected chi connectivity index (χ2v) is 4.00. The number of nitrogens with one attached hydrogen (secondary N) is 2. The Kier molecular flexibility index (Phi) is 4.69. The molecule has 0 bridgehead atoms. The van der Waals surface area contributed by atoms with E-state index in [4.69, 9.17) is 0 Å². The summed E-state index contributed by atoms with van der Waals surface area (Å²) in [6, 6.07) is 6.99. The van der Waals surface area contributed by atoms with Gasteiger partial charge in [-0.3, -0.25) is 9.59 Å². The molecule has 0 aliphatic heterocycles. The van der Waals surface area contributed by atoms with E-state index in [2.05, 4.69) is 10.6 Å². The van der Waals surface area contributed by atoms with Crippen molar-refractivity contribution < 1.29 is 9.59 Å². The fraction of sp³-hybridized carbons (Fsp3) is 0.385. The highest BCUT2D eigenvalue weighted by molar-refractivity contribution is 5.96. The first-order valence-corrected chi connectivity index (χ1v) is 5.69. The molecule has 2 N–H and O–H groups in total. The second-order valence-electron chi connectivity index (χ2n) is 4.00. The number of aryl methyl sites for hydroxylation is 1. The van der Waals surface area contributed by atoms with Crippen LogP contribution in [-0.2, 0) is 9.59 Å². The molecular weight excluding hydrogens is 216 g/mol. The number of carbonyl (C=O) groups is 2. The Labute approximate surface area is 101 Å². The number of hydrogen-bond acceptors (Lipinski definition) is 2. The van der Waals surface area contributed by atoms with E-state index in [0.717, 1.165) is 11.3 Å². The van der Waals surface area contributed by atoms with Gasteiger partial charge in [0.25, 0.3) is 0 Å². The van der Waals surface area contributed by atoms with Gasteiger partial charge >= 0.3 is 0 Å². The van der Waals surface area contributed by atoms with Crippen molar-refractivity contribution in [3.63, 3.8) is 0 Å². The van der Waals surface area contributed by atoms with Crippen molar-refractivity contribution in [1.29, 1.82) is 0 Å². The van der Waals surface area contributed by atoms with Crippen LogP contribution in [0.4, 0.5) is 5.69 Å². The Hall–Kier alpha value is -1.84. The van der Waals surface area contributed by atoms with Crippen molar-refractivity contribution in [3.05, 3.63) is 29.8 Å². The molecule has 1 aromatic rings. The first kappa shape index (κ1) is 13.2. The number of carbonyl (C=O) groups excluding carboxylic acids is 2. The third-order valence-corrected chi connectivity index (χ3v) is 2.41. The lowest BCUT2D eigenvalue weighted by Gasteiger charge is -2.13. The van der Waals surface area contributed by atoms with Gasteiger partial charge in [0.2, 0.25) is 11.8 Å². The van der Waals surface area contributed by atoms with Crippen LogP contribution in [0.25, 0.3) is 0 Å².